The zero-order valence-corrected chi connectivity index (χ0v) is 13.4. The maximum atomic E-state index is 12.9. The minimum absolute atomic E-state index is 0.0981. The fourth-order valence-electron chi connectivity index (χ4n) is 3.08. The van der Waals surface area contributed by atoms with Gasteiger partial charge in [0.2, 0.25) is 0 Å². The Bertz CT molecular complexity index is 795. The normalized spacial score (nSPS) is 27.6. The highest BCUT2D eigenvalue weighted by molar-refractivity contribution is 7.92. The van der Waals surface area contributed by atoms with E-state index in [0.717, 1.165) is 5.56 Å². The number of sulfone groups is 1. The summed E-state index contributed by atoms with van der Waals surface area (Å²) in [4.78, 5) is 0.271. The molecule has 1 fully saturated rings. The SMILES string of the molecule is NC[C@]1(N)[C@H](c2cccc(Cl)c2)[C@@H]1S(=O)(=O)c1ccccc1. The Morgan fingerprint density at radius 1 is 1.09 bits per heavy atom. The van der Waals surface area contributed by atoms with Crippen LogP contribution in [-0.4, -0.2) is 25.8 Å². The van der Waals surface area contributed by atoms with Gasteiger partial charge in [-0.3, -0.25) is 0 Å². The number of rotatable bonds is 4. The zero-order valence-electron chi connectivity index (χ0n) is 11.8. The van der Waals surface area contributed by atoms with Crippen LogP contribution in [0.2, 0.25) is 5.02 Å². The lowest BCUT2D eigenvalue weighted by Crippen LogP contribution is -2.39. The van der Waals surface area contributed by atoms with E-state index in [1.807, 2.05) is 6.07 Å². The molecule has 0 heterocycles. The molecule has 4 N–H and O–H groups in total. The van der Waals surface area contributed by atoms with Crippen LogP contribution >= 0.6 is 11.6 Å². The summed E-state index contributed by atoms with van der Waals surface area (Å²) >= 11 is 6.01. The van der Waals surface area contributed by atoms with Gasteiger partial charge in [0.05, 0.1) is 15.7 Å². The molecule has 0 radical (unpaired) electrons. The van der Waals surface area contributed by atoms with E-state index < -0.39 is 20.6 Å². The van der Waals surface area contributed by atoms with Gasteiger partial charge in [-0.25, -0.2) is 8.42 Å². The van der Waals surface area contributed by atoms with E-state index in [2.05, 4.69) is 0 Å². The van der Waals surface area contributed by atoms with Gasteiger partial charge in [-0.2, -0.15) is 0 Å². The van der Waals surface area contributed by atoms with E-state index in [-0.39, 0.29) is 17.4 Å². The summed E-state index contributed by atoms with van der Waals surface area (Å²) in [6, 6.07) is 15.5. The lowest BCUT2D eigenvalue weighted by Gasteiger charge is -2.09. The van der Waals surface area contributed by atoms with Crippen LogP contribution in [0.1, 0.15) is 11.5 Å². The lowest BCUT2D eigenvalue weighted by molar-refractivity contribution is 0.586. The molecule has 0 unspecified atom stereocenters. The highest BCUT2D eigenvalue weighted by Gasteiger charge is 2.68. The Hall–Kier alpha value is -1.40. The van der Waals surface area contributed by atoms with Crippen molar-refractivity contribution in [2.75, 3.05) is 6.54 Å². The summed E-state index contributed by atoms with van der Waals surface area (Å²) in [7, 11) is -3.54. The molecular formula is C16H17ClN2O2S. The quantitative estimate of drug-likeness (QED) is 0.893. The Labute approximate surface area is 135 Å². The van der Waals surface area contributed by atoms with E-state index in [1.165, 1.54) is 0 Å². The molecule has 3 atom stereocenters. The van der Waals surface area contributed by atoms with Gasteiger partial charge in [0.25, 0.3) is 0 Å². The first kappa shape index (κ1) is 15.5. The average molecular weight is 337 g/mol. The molecule has 0 saturated heterocycles. The van der Waals surface area contributed by atoms with Gasteiger partial charge >= 0.3 is 0 Å². The molecule has 2 aromatic rings. The summed E-state index contributed by atoms with van der Waals surface area (Å²) in [6.45, 7) is 0.0981. The van der Waals surface area contributed by atoms with E-state index in [4.69, 9.17) is 23.1 Å². The first-order valence-electron chi connectivity index (χ1n) is 6.94. The topological polar surface area (TPSA) is 86.2 Å². The van der Waals surface area contributed by atoms with Gasteiger partial charge in [0.1, 0.15) is 0 Å². The standard InChI is InChI=1S/C16H17ClN2O2S/c17-12-6-4-5-11(9-12)14-15(16(14,19)10-18)22(20,21)13-7-2-1-3-8-13/h1-9,14-15H,10,18-19H2/t14-,15+,16+/m1/s1. The van der Waals surface area contributed by atoms with Gasteiger partial charge < -0.3 is 11.5 Å². The Kier molecular flexibility index (Phi) is 3.77. The van der Waals surface area contributed by atoms with E-state index in [0.29, 0.717) is 5.02 Å². The molecule has 1 saturated carbocycles. The number of benzene rings is 2. The molecule has 6 heteroatoms. The molecule has 0 amide bonds. The van der Waals surface area contributed by atoms with Crippen LogP contribution < -0.4 is 11.5 Å². The van der Waals surface area contributed by atoms with E-state index in [9.17, 15) is 8.42 Å². The van der Waals surface area contributed by atoms with Gasteiger partial charge in [0.15, 0.2) is 9.84 Å². The molecule has 0 bridgehead atoms. The number of hydrogen-bond acceptors (Lipinski definition) is 4. The van der Waals surface area contributed by atoms with Gasteiger partial charge in [-0.05, 0) is 29.8 Å². The second kappa shape index (κ2) is 5.35. The summed E-state index contributed by atoms with van der Waals surface area (Å²) in [5, 5.41) is -0.175. The molecule has 1 aliphatic carbocycles. The van der Waals surface area contributed by atoms with Crippen LogP contribution in [0, 0.1) is 0 Å². The first-order chi connectivity index (χ1) is 10.4. The van der Waals surface area contributed by atoms with Crippen molar-refractivity contribution in [3.63, 3.8) is 0 Å². The number of hydrogen-bond donors (Lipinski definition) is 2. The maximum Gasteiger partial charge on any atom is 0.183 e. The van der Waals surface area contributed by atoms with Crippen LogP contribution in [0.3, 0.4) is 0 Å². The van der Waals surface area contributed by atoms with Crippen LogP contribution in [0.15, 0.2) is 59.5 Å². The number of halogens is 1. The van der Waals surface area contributed by atoms with Crippen LogP contribution in [0.5, 0.6) is 0 Å². The summed E-state index contributed by atoms with van der Waals surface area (Å²) in [5.74, 6) is -0.346. The highest BCUT2D eigenvalue weighted by atomic mass is 35.5. The second-order valence-corrected chi connectivity index (χ2v) is 8.13. The van der Waals surface area contributed by atoms with Crippen LogP contribution in [0.25, 0.3) is 0 Å². The number of nitrogens with two attached hydrogens (primary N) is 2. The van der Waals surface area contributed by atoms with E-state index in [1.54, 1.807) is 48.5 Å². The Morgan fingerprint density at radius 2 is 1.77 bits per heavy atom. The zero-order chi connectivity index (χ0) is 16.0. The van der Waals surface area contributed by atoms with Crippen molar-refractivity contribution in [1.29, 1.82) is 0 Å². The van der Waals surface area contributed by atoms with Gasteiger partial charge in [0, 0.05) is 17.5 Å². The molecule has 4 nitrogen and oxygen atoms in total. The molecule has 0 spiro atoms. The lowest BCUT2D eigenvalue weighted by atomic mass is 10.1. The van der Waals surface area contributed by atoms with E-state index >= 15 is 0 Å². The largest absolute Gasteiger partial charge is 0.329 e. The Balaban J connectivity index is 2.04. The molecule has 22 heavy (non-hydrogen) atoms. The third-order valence-corrected chi connectivity index (χ3v) is 6.81. The minimum Gasteiger partial charge on any atom is -0.329 e. The fraction of sp³-hybridized carbons (Fsp3) is 0.250. The predicted octanol–water partition coefficient (Wildman–Crippen LogP) is 1.94. The summed E-state index contributed by atoms with van der Waals surface area (Å²) in [5.41, 5.74) is 11.9. The van der Waals surface area contributed by atoms with Crippen LogP contribution in [-0.2, 0) is 9.84 Å². The first-order valence-corrected chi connectivity index (χ1v) is 8.87. The molecule has 0 aromatic heterocycles. The van der Waals surface area contributed by atoms with Gasteiger partial charge in [-0.1, -0.05) is 41.9 Å². The van der Waals surface area contributed by atoms with Crippen LogP contribution in [0.4, 0.5) is 0 Å². The predicted molar refractivity (Wildman–Crippen MR) is 87.6 cm³/mol. The van der Waals surface area contributed by atoms with Gasteiger partial charge in [-0.15, -0.1) is 0 Å². The Morgan fingerprint density at radius 3 is 2.36 bits per heavy atom. The third kappa shape index (κ3) is 2.34. The maximum absolute atomic E-state index is 12.9. The van der Waals surface area contributed by atoms with Crippen molar-refractivity contribution in [3.8, 4) is 0 Å². The monoisotopic (exact) mass is 336 g/mol. The van der Waals surface area contributed by atoms with Crippen molar-refractivity contribution in [1.82, 2.24) is 0 Å². The van der Waals surface area contributed by atoms with Crippen molar-refractivity contribution in [2.24, 2.45) is 11.5 Å². The molecule has 3 rings (SSSR count). The molecule has 1 aliphatic rings. The average Bonchev–Trinajstić information content (AvgIpc) is 3.16. The smallest absolute Gasteiger partial charge is 0.183 e. The molecular weight excluding hydrogens is 320 g/mol. The second-order valence-electron chi connectivity index (χ2n) is 5.63. The fourth-order valence-corrected chi connectivity index (χ4v) is 5.62. The highest BCUT2D eigenvalue weighted by Crippen LogP contribution is 2.55. The van der Waals surface area contributed by atoms with Crippen molar-refractivity contribution >= 4 is 21.4 Å². The molecule has 0 aliphatic heterocycles. The molecule has 2 aromatic carbocycles. The third-order valence-electron chi connectivity index (χ3n) is 4.27. The molecule has 116 valence electrons. The minimum atomic E-state index is -3.54. The summed E-state index contributed by atoms with van der Waals surface area (Å²) < 4.78 is 25.7. The van der Waals surface area contributed by atoms with Crippen molar-refractivity contribution < 1.29 is 8.42 Å². The van der Waals surface area contributed by atoms with Crippen molar-refractivity contribution in [2.45, 2.75) is 21.6 Å². The summed E-state index contributed by atoms with van der Waals surface area (Å²) in [6.07, 6.45) is 0. The van der Waals surface area contributed by atoms with Crippen molar-refractivity contribution in [3.05, 3.63) is 65.2 Å².